The molecule has 2 heterocycles. The van der Waals surface area contributed by atoms with Crippen molar-refractivity contribution in [2.75, 3.05) is 13.2 Å². The summed E-state index contributed by atoms with van der Waals surface area (Å²) >= 11 is 14.2. The molecule has 0 radical (unpaired) electrons. The maximum absolute atomic E-state index is 15.2. The number of thiazole rings is 1. The number of esters is 1. The number of nitrogens with zero attached hydrogens (tertiary/aromatic N) is 2. The summed E-state index contributed by atoms with van der Waals surface area (Å²) < 4.78 is 32.8. The normalized spacial score (nSPS) is 24.0. The van der Waals surface area contributed by atoms with Gasteiger partial charge < -0.3 is 24.4 Å². The second-order valence-corrected chi connectivity index (χ2v) is 14.1. The maximum Gasteiger partial charge on any atom is 0.325 e. The second-order valence-electron chi connectivity index (χ2n) is 12.3. The minimum atomic E-state index is -1.23. The Kier molecular flexibility index (Phi) is 8.56. The first-order valence-electron chi connectivity index (χ1n) is 15.5. The van der Waals surface area contributed by atoms with E-state index < -0.39 is 23.3 Å². The fourth-order valence-corrected chi connectivity index (χ4v) is 8.84. The van der Waals surface area contributed by atoms with Crippen LogP contribution in [0.25, 0.3) is 21.5 Å². The number of hydrogen-bond donors (Lipinski definition) is 2. The molecule has 4 atom stereocenters. The lowest BCUT2D eigenvalue weighted by molar-refractivity contribution is -0.141. The van der Waals surface area contributed by atoms with Gasteiger partial charge in [0.05, 0.1) is 34.1 Å². The van der Waals surface area contributed by atoms with Gasteiger partial charge in [-0.1, -0.05) is 34.4 Å². The molecule has 2 N–H and O–H groups in total. The standard InChI is InChI=1S/C33H32Cl2FN3O6S/c1-2-43-26(40)14-37-31(41)17-10-24(36)29-25(11-17)46-32(38-29)33(42)18-8-9-19(33)13-20(12-18)44-15-21-28(39-45-30(21)16-6-7-16)27-22(34)4-3-5-23(27)35/h3-5,10-11,16,18-20,42H,2,6-9,12-15H2,1H3,(H,37,41)/t18-,19+,20?,33?. The predicted molar refractivity (Wildman–Crippen MR) is 170 cm³/mol. The molecule has 3 aliphatic carbocycles. The van der Waals surface area contributed by atoms with E-state index in [1.807, 2.05) is 0 Å². The SMILES string of the molecule is CCOC(=O)CNC(=O)c1cc(F)c2nc(C3(O)[C@@H]4CC[C@H]3CC(OCc3c(-c5c(Cl)cccc5Cl)noc3C3CC3)C4)sc2c1. The Morgan fingerprint density at radius 2 is 1.87 bits per heavy atom. The van der Waals surface area contributed by atoms with Crippen LogP contribution in [0.3, 0.4) is 0 Å². The van der Waals surface area contributed by atoms with Crippen molar-refractivity contribution in [3.8, 4) is 11.3 Å². The van der Waals surface area contributed by atoms with Crippen molar-refractivity contribution in [2.45, 2.75) is 69.7 Å². The summed E-state index contributed by atoms with van der Waals surface area (Å²) in [5.74, 6) is -0.985. The average molecular weight is 689 g/mol. The minimum absolute atomic E-state index is 0.0633. The summed E-state index contributed by atoms with van der Waals surface area (Å²) in [4.78, 5) is 28.8. The molecule has 2 bridgehead atoms. The van der Waals surface area contributed by atoms with E-state index in [-0.39, 0.29) is 48.8 Å². The Hall–Kier alpha value is -3.09. The Balaban J connectivity index is 1.08. The quantitative estimate of drug-likeness (QED) is 0.168. The van der Waals surface area contributed by atoms with Crippen molar-refractivity contribution in [3.63, 3.8) is 0 Å². The molecule has 2 aromatic carbocycles. The van der Waals surface area contributed by atoms with Crippen molar-refractivity contribution in [2.24, 2.45) is 11.8 Å². The number of halogens is 3. The maximum atomic E-state index is 15.2. The van der Waals surface area contributed by atoms with Gasteiger partial charge in [0.25, 0.3) is 5.91 Å². The van der Waals surface area contributed by atoms with Crippen LogP contribution in [0.5, 0.6) is 0 Å². The molecule has 242 valence electrons. The van der Waals surface area contributed by atoms with Crippen LogP contribution in [0.4, 0.5) is 4.39 Å². The number of carbonyl (C=O) groups is 2. The number of aromatic nitrogens is 2. The Labute approximate surface area is 278 Å². The van der Waals surface area contributed by atoms with Gasteiger partial charge in [0.15, 0.2) is 5.82 Å². The zero-order chi connectivity index (χ0) is 32.2. The molecule has 0 saturated heterocycles. The van der Waals surface area contributed by atoms with E-state index in [1.54, 1.807) is 31.2 Å². The van der Waals surface area contributed by atoms with Crippen LogP contribution in [0.15, 0.2) is 34.9 Å². The van der Waals surface area contributed by atoms with Crippen LogP contribution >= 0.6 is 34.5 Å². The van der Waals surface area contributed by atoms with Gasteiger partial charge in [-0.3, -0.25) is 9.59 Å². The van der Waals surface area contributed by atoms with Crippen molar-refractivity contribution in [1.82, 2.24) is 15.5 Å². The van der Waals surface area contributed by atoms with Crippen LogP contribution < -0.4 is 5.32 Å². The monoisotopic (exact) mass is 687 g/mol. The summed E-state index contributed by atoms with van der Waals surface area (Å²) in [7, 11) is 0. The molecule has 2 unspecified atom stereocenters. The fraction of sp³-hybridized carbons (Fsp3) is 0.455. The lowest BCUT2D eigenvalue weighted by Crippen LogP contribution is -2.44. The Morgan fingerprint density at radius 1 is 1.15 bits per heavy atom. The highest BCUT2D eigenvalue weighted by atomic mass is 35.5. The van der Waals surface area contributed by atoms with Crippen LogP contribution in [-0.2, 0) is 26.5 Å². The molecule has 4 aromatic rings. The number of aliphatic hydroxyl groups is 1. The van der Waals surface area contributed by atoms with Gasteiger partial charge in [-0.25, -0.2) is 9.37 Å². The first-order valence-corrected chi connectivity index (χ1v) is 17.1. The molecule has 9 nitrogen and oxygen atoms in total. The molecule has 1 amide bonds. The number of rotatable bonds is 10. The van der Waals surface area contributed by atoms with Gasteiger partial charge in [0.2, 0.25) is 0 Å². The summed E-state index contributed by atoms with van der Waals surface area (Å²) in [6, 6.07) is 7.97. The molecule has 13 heteroatoms. The Bertz CT molecular complexity index is 1790. The third kappa shape index (κ3) is 5.70. The van der Waals surface area contributed by atoms with Crippen LogP contribution in [-0.4, -0.2) is 46.4 Å². The summed E-state index contributed by atoms with van der Waals surface area (Å²) in [5, 5.41) is 20.4. The zero-order valence-corrected chi connectivity index (χ0v) is 27.3. The van der Waals surface area contributed by atoms with Gasteiger partial charge >= 0.3 is 5.97 Å². The smallest absolute Gasteiger partial charge is 0.325 e. The van der Waals surface area contributed by atoms with E-state index in [0.717, 1.165) is 43.1 Å². The van der Waals surface area contributed by atoms with E-state index in [4.69, 9.17) is 37.2 Å². The highest BCUT2D eigenvalue weighted by Gasteiger charge is 2.56. The van der Waals surface area contributed by atoms with Crippen molar-refractivity contribution in [3.05, 3.63) is 68.1 Å². The number of hydrogen-bond acceptors (Lipinski definition) is 9. The number of fused-ring (bicyclic) bond motifs is 3. The van der Waals surface area contributed by atoms with E-state index in [2.05, 4.69) is 15.5 Å². The van der Waals surface area contributed by atoms with E-state index in [1.165, 1.54) is 11.3 Å². The lowest BCUT2D eigenvalue weighted by atomic mass is 9.73. The molecule has 2 aromatic heterocycles. The van der Waals surface area contributed by atoms with Crippen LogP contribution in [0.2, 0.25) is 10.0 Å². The number of amides is 1. The summed E-state index contributed by atoms with van der Waals surface area (Å²) in [6.07, 6.45) is 4.75. The summed E-state index contributed by atoms with van der Waals surface area (Å²) in [6.45, 7) is 1.82. The first-order chi connectivity index (χ1) is 22.2. The first kappa shape index (κ1) is 31.5. The number of benzene rings is 2. The second kappa shape index (κ2) is 12.5. The van der Waals surface area contributed by atoms with E-state index >= 15 is 4.39 Å². The lowest BCUT2D eigenvalue weighted by Gasteiger charge is -2.41. The average Bonchev–Trinajstić information content (AvgIpc) is 3.60. The summed E-state index contributed by atoms with van der Waals surface area (Å²) in [5.41, 5.74) is 1.02. The molecule has 0 aliphatic heterocycles. The van der Waals surface area contributed by atoms with Gasteiger partial charge in [-0.05, 0) is 81.5 Å². The number of carbonyl (C=O) groups excluding carboxylic acids is 2. The van der Waals surface area contributed by atoms with Crippen molar-refractivity contribution < 1.29 is 33.1 Å². The highest BCUT2D eigenvalue weighted by molar-refractivity contribution is 7.18. The molecule has 46 heavy (non-hydrogen) atoms. The molecular weight excluding hydrogens is 656 g/mol. The third-order valence-electron chi connectivity index (χ3n) is 9.38. The largest absolute Gasteiger partial charge is 0.465 e. The molecule has 3 fully saturated rings. The van der Waals surface area contributed by atoms with Gasteiger partial charge in [0.1, 0.15) is 34.1 Å². The third-order valence-corrected chi connectivity index (χ3v) is 11.2. The van der Waals surface area contributed by atoms with Crippen LogP contribution in [0.1, 0.15) is 78.1 Å². The molecule has 7 rings (SSSR count). The number of ether oxygens (including phenoxy) is 2. The molecule has 0 spiro atoms. The van der Waals surface area contributed by atoms with E-state index in [9.17, 15) is 14.7 Å². The van der Waals surface area contributed by atoms with Crippen molar-refractivity contribution in [1.29, 1.82) is 0 Å². The highest BCUT2D eigenvalue weighted by Crippen LogP contribution is 2.57. The molecule has 3 aliphatic rings. The topological polar surface area (TPSA) is 124 Å². The Morgan fingerprint density at radius 3 is 2.54 bits per heavy atom. The van der Waals surface area contributed by atoms with Gasteiger partial charge in [-0.15, -0.1) is 11.3 Å². The zero-order valence-electron chi connectivity index (χ0n) is 25.0. The predicted octanol–water partition coefficient (Wildman–Crippen LogP) is 7.16. The number of nitrogens with one attached hydrogen (secondary N) is 1. The van der Waals surface area contributed by atoms with E-state index in [0.29, 0.717) is 49.8 Å². The fourth-order valence-electron chi connectivity index (χ4n) is 6.99. The van der Waals surface area contributed by atoms with Crippen molar-refractivity contribution >= 4 is 56.6 Å². The van der Waals surface area contributed by atoms with Gasteiger partial charge in [0, 0.05) is 22.6 Å². The molecule has 3 saturated carbocycles. The minimum Gasteiger partial charge on any atom is -0.465 e. The molecular formula is C33H32Cl2FN3O6S. The van der Waals surface area contributed by atoms with Gasteiger partial charge in [-0.2, -0.15) is 0 Å². The van der Waals surface area contributed by atoms with Crippen LogP contribution in [0, 0.1) is 17.7 Å².